The van der Waals surface area contributed by atoms with Crippen molar-refractivity contribution in [3.8, 4) is 5.13 Å². The zero-order valence-corrected chi connectivity index (χ0v) is 18.0. The second-order valence-electron chi connectivity index (χ2n) is 7.32. The normalized spacial score (nSPS) is 16.5. The Balaban J connectivity index is 1.70. The molecule has 0 fully saturated rings. The number of nitrogens with one attached hydrogen (secondary N) is 1. The van der Waals surface area contributed by atoms with Crippen LogP contribution in [0, 0.1) is 20.8 Å². The maximum absolute atomic E-state index is 12.5. The molecule has 1 aliphatic rings. The zero-order chi connectivity index (χ0) is 20.1. The van der Waals surface area contributed by atoms with Gasteiger partial charge in [0.25, 0.3) is 0 Å². The average Bonchev–Trinajstić information content (AvgIpc) is 3.19. The molecule has 1 unspecified atom stereocenters. The number of carbonyl (C=O) groups excluding carboxylic acids is 1. The van der Waals surface area contributed by atoms with Gasteiger partial charge in [0.2, 0.25) is 11.0 Å². The van der Waals surface area contributed by atoms with Crippen molar-refractivity contribution in [3.05, 3.63) is 70.4 Å². The number of amides is 1. The molecule has 2 aromatic heterocycles. The van der Waals surface area contributed by atoms with Gasteiger partial charge in [-0.05, 0) is 44.0 Å². The van der Waals surface area contributed by atoms with Crippen molar-refractivity contribution in [2.45, 2.75) is 26.0 Å². The molecule has 3 heterocycles. The Morgan fingerprint density at radius 3 is 2.76 bits per heavy atom. The minimum atomic E-state index is -0.00854. The largest absolute Gasteiger partial charge is 0.310 e. The molecule has 146 valence electrons. The first-order valence-electron chi connectivity index (χ1n) is 9.45. The molecular formula is C22H20N4OS2. The Bertz CT molecular complexity index is 1220. The summed E-state index contributed by atoms with van der Waals surface area (Å²) < 4.78 is 2.90. The summed E-state index contributed by atoms with van der Waals surface area (Å²) in [4.78, 5) is 17.3. The van der Waals surface area contributed by atoms with Gasteiger partial charge in [-0.1, -0.05) is 47.2 Å². The third-order valence-electron chi connectivity index (χ3n) is 5.18. The number of hydrogen-bond acceptors (Lipinski definition) is 5. The van der Waals surface area contributed by atoms with Crippen LogP contribution in [-0.4, -0.2) is 26.4 Å². The molecule has 5 rings (SSSR count). The van der Waals surface area contributed by atoms with Gasteiger partial charge in [-0.3, -0.25) is 4.79 Å². The fourth-order valence-electron chi connectivity index (χ4n) is 3.84. The van der Waals surface area contributed by atoms with E-state index in [1.807, 2.05) is 25.1 Å². The minimum Gasteiger partial charge on any atom is -0.310 e. The van der Waals surface area contributed by atoms with E-state index in [9.17, 15) is 4.79 Å². The highest BCUT2D eigenvalue weighted by Crippen LogP contribution is 2.45. The number of rotatable bonds is 2. The second kappa shape index (κ2) is 7.00. The van der Waals surface area contributed by atoms with Crippen LogP contribution >= 0.6 is 23.1 Å². The topological polar surface area (TPSA) is 59.8 Å². The Morgan fingerprint density at radius 2 is 1.97 bits per heavy atom. The van der Waals surface area contributed by atoms with Crippen LogP contribution < -0.4 is 5.32 Å². The van der Waals surface area contributed by atoms with E-state index in [1.165, 1.54) is 16.7 Å². The molecule has 0 radical (unpaired) electrons. The van der Waals surface area contributed by atoms with Crippen molar-refractivity contribution in [1.82, 2.24) is 14.8 Å². The number of anilines is 1. The average molecular weight is 421 g/mol. The van der Waals surface area contributed by atoms with E-state index in [4.69, 9.17) is 10.1 Å². The van der Waals surface area contributed by atoms with Gasteiger partial charge in [-0.15, -0.1) is 11.8 Å². The highest BCUT2D eigenvalue weighted by molar-refractivity contribution is 8.00. The minimum absolute atomic E-state index is 0.00854. The number of benzene rings is 2. The maximum atomic E-state index is 12.5. The van der Waals surface area contributed by atoms with E-state index in [0.717, 1.165) is 32.4 Å². The molecule has 29 heavy (non-hydrogen) atoms. The predicted octanol–water partition coefficient (Wildman–Crippen LogP) is 5.18. The van der Waals surface area contributed by atoms with Crippen LogP contribution in [0.15, 0.2) is 42.5 Å². The molecule has 1 aliphatic heterocycles. The van der Waals surface area contributed by atoms with E-state index in [-0.39, 0.29) is 11.2 Å². The number of aryl methyl sites for hydroxylation is 3. The van der Waals surface area contributed by atoms with Crippen molar-refractivity contribution in [2.24, 2.45) is 0 Å². The Hall–Kier alpha value is -2.64. The molecule has 0 aliphatic carbocycles. The lowest BCUT2D eigenvalue weighted by molar-refractivity contribution is -0.113. The van der Waals surface area contributed by atoms with Crippen molar-refractivity contribution < 1.29 is 4.79 Å². The Morgan fingerprint density at radius 1 is 1.14 bits per heavy atom. The summed E-state index contributed by atoms with van der Waals surface area (Å²) in [5.41, 5.74) is 6.61. The highest BCUT2D eigenvalue weighted by atomic mass is 32.2. The van der Waals surface area contributed by atoms with Crippen LogP contribution in [-0.2, 0) is 4.79 Å². The van der Waals surface area contributed by atoms with Gasteiger partial charge in [0.1, 0.15) is 5.82 Å². The van der Waals surface area contributed by atoms with Gasteiger partial charge in [-0.2, -0.15) is 9.78 Å². The summed E-state index contributed by atoms with van der Waals surface area (Å²) in [7, 11) is 0. The fourth-order valence-corrected chi connectivity index (χ4v) is 6.05. The molecule has 7 heteroatoms. The number of fused-ring (bicyclic) bond motifs is 2. The Kier molecular flexibility index (Phi) is 4.44. The van der Waals surface area contributed by atoms with Gasteiger partial charge < -0.3 is 5.32 Å². The maximum Gasteiger partial charge on any atom is 0.235 e. The molecule has 1 atom stereocenters. The molecule has 2 aromatic carbocycles. The third kappa shape index (κ3) is 3.14. The number of thiazole rings is 1. The first kappa shape index (κ1) is 18.4. The molecule has 4 aromatic rings. The molecule has 0 spiro atoms. The summed E-state index contributed by atoms with van der Waals surface area (Å²) >= 11 is 3.23. The highest BCUT2D eigenvalue weighted by Gasteiger charge is 2.32. The van der Waals surface area contributed by atoms with Crippen LogP contribution in [0.1, 0.15) is 33.2 Å². The quantitative estimate of drug-likeness (QED) is 0.485. The standard InChI is InChI=1S/C22H20N4OS2/c1-12-8-9-15(13(2)10-12)20-19-14(3)25-26(21(19)24-18(27)11-28-20)22-23-16-6-4-5-7-17(16)29-22/h4-10,20H,11H2,1-3H3,(H,24,27). The van der Waals surface area contributed by atoms with Gasteiger partial charge >= 0.3 is 0 Å². The van der Waals surface area contributed by atoms with Crippen molar-refractivity contribution in [2.75, 3.05) is 11.1 Å². The van der Waals surface area contributed by atoms with Gasteiger partial charge in [-0.25, -0.2) is 4.98 Å². The molecule has 0 bridgehead atoms. The van der Waals surface area contributed by atoms with E-state index in [2.05, 4.69) is 43.4 Å². The Labute approximate surface area is 177 Å². The van der Waals surface area contributed by atoms with Crippen LogP contribution in [0.2, 0.25) is 0 Å². The van der Waals surface area contributed by atoms with Crippen molar-refractivity contribution in [1.29, 1.82) is 0 Å². The number of hydrogen-bond donors (Lipinski definition) is 1. The summed E-state index contributed by atoms with van der Waals surface area (Å²) in [5.74, 6) is 1.14. The van der Waals surface area contributed by atoms with Gasteiger partial charge in [0.15, 0.2) is 0 Å². The van der Waals surface area contributed by atoms with E-state index < -0.39 is 0 Å². The first-order valence-corrected chi connectivity index (χ1v) is 11.3. The number of para-hydroxylation sites is 1. The summed E-state index contributed by atoms with van der Waals surface area (Å²) in [6.45, 7) is 6.25. The van der Waals surface area contributed by atoms with Crippen LogP contribution in [0.4, 0.5) is 5.82 Å². The molecule has 1 N–H and O–H groups in total. The van der Waals surface area contributed by atoms with Crippen LogP contribution in [0.3, 0.4) is 0 Å². The molecule has 0 saturated heterocycles. The monoisotopic (exact) mass is 420 g/mol. The molecular weight excluding hydrogens is 400 g/mol. The number of nitrogens with zero attached hydrogens (tertiary/aromatic N) is 3. The van der Waals surface area contributed by atoms with Gasteiger partial charge in [0.05, 0.1) is 26.9 Å². The van der Waals surface area contributed by atoms with Gasteiger partial charge in [0, 0.05) is 5.56 Å². The van der Waals surface area contributed by atoms with E-state index in [1.54, 1.807) is 27.8 Å². The zero-order valence-electron chi connectivity index (χ0n) is 16.4. The first-order chi connectivity index (χ1) is 14.0. The number of aromatic nitrogens is 3. The van der Waals surface area contributed by atoms with Crippen LogP contribution in [0.25, 0.3) is 15.3 Å². The number of carbonyl (C=O) groups is 1. The summed E-state index contributed by atoms with van der Waals surface area (Å²) in [5, 5.41) is 8.70. The van der Waals surface area contributed by atoms with E-state index >= 15 is 0 Å². The third-order valence-corrected chi connectivity index (χ3v) is 7.44. The molecule has 1 amide bonds. The van der Waals surface area contributed by atoms with Crippen molar-refractivity contribution >= 4 is 45.0 Å². The number of thioether (sulfide) groups is 1. The summed E-state index contributed by atoms with van der Waals surface area (Å²) in [6, 6.07) is 14.5. The van der Waals surface area contributed by atoms with Crippen molar-refractivity contribution in [3.63, 3.8) is 0 Å². The van der Waals surface area contributed by atoms with Crippen LogP contribution in [0.5, 0.6) is 0 Å². The SMILES string of the molecule is Cc1ccc(C2SCC(=O)Nc3c2c(C)nn3-c2nc3ccccc3s2)c(C)c1. The molecule has 5 nitrogen and oxygen atoms in total. The lowest BCUT2D eigenvalue weighted by atomic mass is 9.98. The fraction of sp³-hybridized carbons (Fsp3) is 0.227. The molecule has 0 saturated carbocycles. The predicted molar refractivity (Wildman–Crippen MR) is 120 cm³/mol. The van der Waals surface area contributed by atoms with E-state index in [0.29, 0.717) is 5.75 Å². The summed E-state index contributed by atoms with van der Waals surface area (Å²) in [6.07, 6.45) is 0. The second-order valence-corrected chi connectivity index (χ2v) is 9.43. The lowest BCUT2D eigenvalue weighted by Crippen LogP contribution is -2.15. The lowest BCUT2D eigenvalue weighted by Gasteiger charge is -2.18. The smallest absolute Gasteiger partial charge is 0.235 e.